The minimum Gasteiger partial charge on any atom is -0.494 e. The lowest BCUT2D eigenvalue weighted by Crippen LogP contribution is -2.34. The van der Waals surface area contributed by atoms with Crippen molar-refractivity contribution in [2.24, 2.45) is 0 Å². The van der Waals surface area contributed by atoms with Crippen molar-refractivity contribution in [2.75, 3.05) is 18.5 Å². The highest BCUT2D eigenvalue weighted by Crippen LogP contribution is 2.22. The van der Waals surface area contributed by atoms with Gasteiger partial charge in [-0.1, -0.05) is 23.7 Å². The number of benzene rings is 2. The minimum absolute atomic E-state index is 0.211. The molecule has 128 valence electrons. The first kappa shape index (κ1) is 18.1. The number of urea groups is 1. The number of carbonyl (C=O) groups is 1. The van der Waals surface area contributed by atoms with E-state index in [1.54, 1.807) is 36.4 Å². The lowest BCUT2D eigenvalue weighted by Gasteiger charge is -2.18. The summed E-state index contributed by atoms with van der Waals surface area (Å²) in [6.07, 6.45) is 0. The van der Waals surface area contributed by atoms with Crippen LogP contribution in [0, 0.1) is 6.92 Å². The number of aryl methyl sites for hydroxylation is 1. The van der Waals surface area contributed by atoms with Crippen LogP contribution in [0.2, 0.25) is 5.02 Å². The third-order valence-electron chi connectivity index (χ3n) is 3.52. The van der Waals surface area contributed by atoms with Crippen molar-refractivity contribution in [1.82, 2.24) is 5.32 Å². The smallest absolute Gasteiger partial charge is 0.319 e. The first-order valence-corrected chi connectivity index (χ1v) is 8.08. The SMILES string of the molecule is CCOc1ccc(NC(=O)NC(CO)c2ccc(Cl)cc2)c(C)c1. The summed E-state index contributed by atoms with van der Waals surface area (Å²) in [5.41, 5.74) is 2.35. The second kappa shape index (κ2) is 8.57. The van der Waals surface area contributed by atoms with Gasteiger partial charge in [0.25, 0.3) is 0 Å². The lowest BCUT2D eigenvalue weighted by atomic mass is 10.1. The molecular weight excluding hydrogens is 328 g/mol. The van der Waals surface area contributed by atoms with Gasteiger partial charge in [0.2, 0.25) is 0 Å². The van der Waals surface area contributed by atoms with Crippen LogP contribution in [0.15, 0.2) is 42.5 Å². The zero-order valence-corrected chi connectivity index (χ0v) is 14.4. The van der Waals surface area contributed by atoms with Gasteiger partial charge in [-0.05, 0) is 55.3 Å². The van der Waals surface area contributed by atoms with Gasteiger partial charge in [-0.3, -0.25) is 0 Å². The van der Waals surface area contributed by atoms with Gasteiger partial charge < -0.3 is 20.5 Å². The lowest BCUT2D eigenvalue weighted by molar-refractivity contribution is 0.225. The van der Waals surface area contributed by atoms with E-state index >= 15 is 0 Å². The van der Waals surface area contributed by atoms with Crippen molar-refractivity contribution in [3.8, 4) is 5.75 Å². The molecule has 0 fully saturated rings. The summed E-state index contributed by atoms with van der Waals surface area (Å²) in [4.78, 5) is 12.2. The van der Waals surface area contributed by atoms with Gasteiger partial charge in [0.15, 0.2) is 0 Å². The number of carbonyl (C=O) groups excluding carboxylic acids is 1. The molecule has 0 radical (unpaired) electrons. The average molecular weight is 349 g/mol. The van der Waals surface area contributed by atoms with Crippen molar-refractivity contribution in [3.05, 3.63) is 58.6 Å². The maximum atomic E-state index is 12.2. The fourth-order valence-corrected chi connectivity index (χ4v) is 2.40. The number of rotatable bonds is 6. The molecule has 0 aliphatic carbocycles. The van der Waals surface area contributed by atoms with E-state index in [1.165, 1.54) is 0 Å². The molecule has 3 N–H and O–H groups in total. The molecule has 24 heavy (non-hydrogen) atoms. The Kier molecular flexibility index (Phi) is 6.46. The molecule has 0 aromatic heterocycles. The minimum atomic E-state index is -0.509. The number of aliphatic hydroxyl groups is 1. The molecule has 0 saturated carbocycles. The van der Waals surface area contributed by atoms with Gasteiger partial charge in [-0.15, -0.1) is 0 Å². The Bertz CT molecular complexity index is 689. The predicted molar refractivity (Wildman–Crippen MR) is 95.8 cm³/mol. The second-order valence-corrected chi connectivity index (χ2v) is 5.73. The van der Waals surface area contributed by atoms with Gasteiger partial charge in [-0.2, -0.15) is 0 Å². The quantitative estimate of drug-likeness (QED) is 0.741. The highest BCUT2D eigenvalue weighted by atomic mass is 35.5. The third-order valence-corrected chi connectivity index (χ3v) is 3.77. The summed E-state index contributed by atoms with van der Waals surface area (Å²) in [5, 5.41) is 15.6. The topological polar surface area (TPSA) is 70.6 Å². The fraction of sp³-hybridized carbons (Fsp3) is 0.278. The van der Waals surface area contributed by atoms with Crippen LogP contribution in [0.4, 0.5) is 10.5 Å². The van der Waals surface area contributed by atoms with Gasteiger partial charge in [0.05, 0.1) is 19.3 Å². The number of nitrogens with one attached hydrogen (secondary N) is 2. The Morgan fingerprint density at radius 3 is 2.54 bits per heavy atom. The number of halogens is 1. The second-order valence-electron chi connectivity index (χ2n) is 5.29. The van der Waals surface area contributed by atoms with Crippen molar-refractivity contribution >= 4 is 23.3 Å². The monoisotopic (exact) mass is 348 g/mol. The third kappa shape index (κ3) is 4.88. The Morgan fingerprint density at radius 2 is 1.96 bits per heavy atom. The van der Waals surface area contributed by atoms with E-state index in [0.29, 0.717) is 17.3 Å². The van der Waals surface area contributed by atoms with Crippen LogP contribution < -0.4 is 15.4 Å². The first-order valence-electron chi connectivity index (χ1n) is 7.70. The summed E-state index contributed by atoms with van der Waals surface area (Å²) in [7, 11) is 0. The molecule has 0 aliphatic heterocycles. The van der Waals surface area contributed by atoms with Crippen LogP contribution >= 0.6 is 11.6 Å². The van der Waals surface area contributed by atoms with E-state index in [1.807, 2.05) is 19.9 Å². The summed E-state index contributed by atoms with van der Waals surface area (Å²) in [6, 6.07) is 11.5. The first-order chi connectivity index (χ1) is 11.5. The molecular formula is C18H21ClN2O3. The molecule has 2 aromatic rings. The van der Waals surface area contributed by atoms with Crippen LogP contribution in [0.3, 0.4) is 0 Å². The van der Waals surface area contributed by atoms with Crippen LogP contribution in [0.1, 0.15) is 24.1 Å². The van der Waals surface area contributed by atoms with E-state index in [2.05, 4.69) is 10.6 Å². The van der Waals surface area contributed by atoms with Gasteiger partial charge in [-0.25, -0.2) is 4.79 Å². The average Bonchev–Trinajstić information content (AvgIpc) is 2.56. The Morgan fingerprint density at radius 1 is 1.25 bits per heavy atom. The highest BCUT2D eigenvalue weighted by Gasteiger charge is 2.14. The molecule has 0 heterocycles. The van der Waals surface area contributed by atoms with Crippen LogP contribution in [-0.4, -0.2) is 24.4 Å². The van der Waals surface area contributed by atoms with Crippen LogP contribution in [0.5, 0.6) is 5.75 Å². The summed E-state index contributed by atoms with van der Waals surface area (Å²) in [5.74, 6) is 0.760. The Labute approximate surface area is 146 Å². The molecule has 1 atom stereocenters. The molecule has 5 nitrogen and oxygen atoms in total. The van der Waals surface area contributed by atoms with Crippen LogP contribution in [0.25, 0.3) is 0 Å². The molecule has 2 rings (SSSR count). The van der Waals surface area contributed by atoms with E-state index in [9.17, 15) is 9.90 Å². The maximum absolute atomic E-state index is 12.2. The zero-order chi connectivity index (χ0) is 17.5. The normalized spacial score (nSPS) is 11.7. The van der Waals surface area contributed by atoms with E-state index in [4.69, 9.17) is 16.3 Å². The Hall–Kier alpha value is -2.24. The number of ether oxygens (including phenoxy) is 1. The van der Waals surface area contributed by atoms with Gasteiger partial charge in [0, 0.05) is 10.7 Å². The number of hydrogen-bond donors (Lipinski definition) is 3. The van der Waals surface area contributed by atoms with Crippen molar-refractivity contribution < 1.29 is 14.6 Å². The highest BCUT2D eigenvalue weighted by molar-refractivity contribution is 6.30. The Balaban J connectivity index is 2.02. The summed E-state index contributed by atoms with van der Waals surface area (Å²) < 4.78 is 5.42. The molecule has 0 saturated heterocycles. The fourth-order valence-electron chi connectivity index (χ4n) is 2.28. The van der Waals surface area contributed by atoms with Crippen molar-refractivity contribution in [1.29, 1.82) is 0 Å². The standard InChI is InChI=1S/C18H21ClN2O3/c1-3-24-15-8-9-16(12(2)10-15)20-18(23)21-17(11-22)13-4-6-14(19)7-5-13/h4-10,17,22H,3,11H2,1-2H3,(H2,20,21,23). The van der Waals surface area contributed by atoms with Gasteiger partial charge >= 0.3 is 6.03 Å². The van der Waals surface area contributed by atoms with E-state index in [0.717, 1.165) is 16.9 Å². The largest absolute Gasteiger partial charge is 0.494 e. The van der Waals surface area contributed by atoms with Crippen molar-refractivity contribution in [3.63, 3.8) is 0 Å². The van der Waals surface area contributed by atoms with E-state index in [-0.39, 0.29) is 6.61 Å². The zero-order valence-electron chi connectivity index (χ0n) is 13.7. The number of hydrogen-bond acceptors (Lipinski definition) is 3. The molecule has 0 bridgehead atoms. The molecule has 0 spiro atoms. The summed E-state index contributed by atoms with van der Waals surface area (Å²) in [6.45, 7) is 4.19. The van der Waals surface area contributed by atoms with Crippen LogP contribution in [-0.2, 0) is 0 Å². The molecule has 6 heteroatoms. The summed E-state index contributed by atoms with van der Waals surface area (Å²) >= 11 is 5.85. The number of anilines is 1. The molecule has 2 amide bonds. The van der Waals surface area contributed by atoms with Crippen molar-refractivity contribution in [2.45, 2.75) is 19.9 Å². The predicted octanol–water partition coefficient (Wildman–Crippen LogP) is 3.90. The maximum Gasteiger partial charge on any atom is 0.319 e. The number of aliphatic hydroxyl groups excluding tert-OH is 1. The molecule has 2 aromatic carbocycles. The molecule has 1 unspecified atom stereocenters. The molecule has 0 aliphatic rings. The van der Waals surface area contributed by atoms with Gasteiger partial charge in [0.1, 0.15) is 5.75 Å². The number of amides is 2. The van der Waals surface area contributed by atoms with E-state index < -0.39 is 12.1 Å².